The topological polar surface area (TPSA) is 108 Å². The minimum absolute atomic E-state index is 0.0389. The van der Waals surface area contributed by atoms with Crippen LogP contribution < -0.4 is 16.0 Å². The van der Waals surface area contributed by atoms with Gasteiger partial charge in [0.05, 0.1) is 35.6 Å². The predicted molar refractivity (Wildman–Crippen MR) is 117 cm³/mol. The number of nitrogens with one attached hydrogen (secondary N) is 4. The lowest BCUT2D eigenvalue weighted by molar-refractivity contribution is -0.137. The molecule has 0 radical (unpaired) electrons. The number of alkyl carbamates (subject to hydrolysis) is 1. The first-order valence-corrected chi connectivity index (χ1v) is 10.3. The number of ether oxygens (including phenoxy) is 1. The summed E-state index contributed by atoms with van der Waals surface area (Å²) in [6.45, 7) is 2.18. The second kappa shape index (κ2) is 10.7. The van der Waals surface area contributed by atoms with Crippen molar-refractivity contribution < 1.29 is 27.5 Å². The summed E-state index contributed by atoms with van der Waals surface area (Å²) in [5.41, 5.74) is 0.885. The number of benzene rings is 2. The molecule has 176 valence electrons. The molecule has 2 amide bonds. The predicted octanol–water partition coefficient (Wildman–Crippen LogP) is 3.99. The monoisotopic (exact) mass is 463 g/mol. The lowest BCUT2D eigenvalue weighted by atomic mass is 10.0. The molecule has 33 heavy (non-hydrogen) atoms. The maximum Gasteiger partial charge on any atom is 0.416 e. The summed E-state index contributed by atoms with van der Waals surface area (Å²) in [7, 11) is 0. The molecule has 11 heteroatoms. The molecule has 4 N–H and O–H groups in total. The van der Waals surface area contributed by atoms with Crippen LogP contribution in [0.25, 0.3) is 11.0 Å². The molecule has 3 rings (SSSR count). The number of hydrogen-bond acceptors (Lipinski definition) is 5. The second-order valence-electron chi connectivity index (χ2n) is 7.14. The minimum Gasteiger partial charge on any atom is -0.448 e. The van der Waals surface area contributed by atoms with Crippen LogP contribution in [0.5, 0.6) is 0 Å². The van der Waals surface area contributed by atoms with E-state index in [9.17, 15) is 22.8 Å². The first-order chi connectivity index (χ1) is 15.8. The largest absolute Gasteiger partial charge is 0.448 e. The third-order valence-electron chi connectivity index (χ3n) is 4.68. The SMILES string of the molecule is CCNC(=O)OCCNC(=O)CC(Nc1nc2ccccc2[nH]1)c1cccc(C(F)(F)F)c1. The number of fused-ring (bicyclic) bond motifs is 1. The Morgan fingerprint density at radius 2 is 1.91 bits per heavy atom. The van der Waals surface area contributed by atoms with Crippen molar-refractivity contribution in [2.45, 2.75) is 25.6 Å². The van der Waals surface area contributed by atoms with Crippen LogP contribution in [0.1, 0.15) is 30.5 Å². The van der Waals surface area contributed by atoms with Gasteiger partial charge in [-0.1, -0.05) is 24.3 Å². The van der Waals surface area contributed by atoms with E-state index >= 15 is 0 Å². The van der Waals surface area contributed by atoms with Crippen LogP contribution in [0.2, 0.25) is 0 Å². The quantitative estimate of drug-likeness (QED) is 0.359. The summed E-state index contributed by atoms with van der Waals surface area (Å²) in [6.07, 6.45) is -5.28. The fraction of sp³-hybridized carbons (Fsp3) is 0.318. The van der Waals surface area contributed by atoms with Crippen LogP contribution in [0.15, 0.2) is 48.5 Å². The van der Waals surface area contributed by atoms with Crippen LogP contribution >= 0.6 is 0 Å². The standard InChI is InChI=1S/C22H24F3N5O3/c1-2-26-21(32)33-11-10-27-19(31)13-18(14-6-5-7-15(12-14)22(23,24)25)30-20-28-16-8-3-4-9-17(16)29-20/h3-9,12,18H,2,10-11,13H2,1H3,(H,26,32)(H,27,31)(H2,28,29,30). The summed E-state index contributed by atoms with van der Waals surface area (Å²) in [5.74, 6) is -0.105. The zero-order valence-electron chi connectivity index (χ0n) is 17.8. The Morgan fingerprint density at radius 1 is 1.12 bits per heavy atom. The number of aromatic amines is 1. The highest BCUT2D eigenvalue weighted by Crippen LogP contribution is 2.32. The van der Waals surface area contributed by atoms with Crippen LogP contribution in [-0.4, -0.2) is 41.7 Å². The molecule has 0 aliphatic heterocycles. The Hall–Kier alpha value is -3.76. The fourth-order valence-electron chi connectivity index (χ4n) is 3.16. The first-order valence-electron chi connectivity index (χ1n) is 10.3. The number of hydrogen-bond donors (Lipinski definition) is 4. The van der Waals surface area contributed by atoms with E-state index in [2.05, 4.69) is 25.9 Å². The molecule has 1 aromatic heterocycles. The van der Waals surface area contributed by atoms with Crippen molar-refractivity contribution in [3.8, 4) is 0 Å². The summed E-state index contributed by atoms with van der Waals surface area (Å²) in [5, 5.41) is 8.09. The van der Waals surface area contributed by atoms with Gasteiger partial charge in [-0.3, -0.25) is 4.79 Å². The number of para-hydroxylation sites is 2. The molecule has 0 aliphatic rings. The van der Waals surface area contributed by atoms with Crippen molar-refractivity contribution in [3.05, 3.63) is 59.7 Å². The van der Waals surface area contributed by atoms with Crippen molar-refractivity contribution in [2.24, 2.45) is 0 Å². The van der Waals surface area contributed by atoms with E-state index < -0.39 is 29.8 Å². The van der Waals surface area contributed by atoms with E-state index in [1.807, 2.05) is 18.2 Å². The number of nitrogens with zero attached hydrogens (tertiary/aromatic N) is 1. The smallest absolute Gasteiger partial charge is 0.416 e. The molecule has 0 aliphatic carbocycles. The maximum absolute atomic E-state index is 13.2. The van der Waals surface area contributed by atoms with Gasteiger partial charge in [0.25, 0.3) is 0 Å². The van der Waals surface area contributed by atoms with Gasteiger partial charge < -0.3 is 25.7 Å². The highest BCUT2D eigenvalue weighted by molar-refractivity contribution is 5.79. The number of rotatable bonds is 9. The molecule has 0 spiro atoms. The van der Waals surface area contributed by atoms with E-state index in [0.717, 1.165) is 17.6 Å². The molecule has 0 saturated heterocycles. The Bertz CT molecular complexity index is 1070. The summed E-state index contributed by atoms with van der Waals surface area (Å²) >= 11 is 0. The molecule has 1 unspecified atom stereocenters. The van der Waals surface area contributed by atoms with Crippen LogP contribution in [0.3, 0.4) is 0 Å². The van der Waals surface area contributed by atoms with E-state index in [1.165, 1.54) is 12.1 Å². The fourth-order valence-corrected chi connectivity index (χ4v) is 3.16. The Morgan fingerprint density at radius 3 is 2.64 bits per heavy atom. The third kappa shape index (κ3) is 6.86. The lowest BCUT2D eigenvalue weighted by Crippen LogP contribution is -2.32. The molecule has 1 atom stereocenters. The van der Waals surface area contributed by atoms with Crippen molar-refractivity contribution >= 4 is 29.0 Å². The Balaban J connectivity index is 1.73. The molecule has 8 nitrogen and oxygen atoms in total. The molecule has 3 aromatic rings. The van der Waals surface area contributed by atoms with Gasteiger partial charge in [0, 0.05) is 6.54 Å². The zero-order valence-corrected chi connectivity index (χ0v) is 17.8. The summed E-state index contributed by atoms with van der Waals surface area (Å²) in [4.78, 5) is 31.2. The van der Waals surface area contributed by atoms with Crippen molar-refractivity contribution in [1.29, 1.82) is 0 Å². The average molecular weight is 463 g/mol. The van der Waals surface area contributed by atoms with Gasteiger partial charge in [-0.25, -0.2) is 9.78 Å². The van der Waals surface area contributed by atoms with E-state index in [4.69, 9.17) is 4.74 Å². The van der Waals surface area contributed by atoms with Crippen molar-refractivity contribution in [2.75, 3.05) is 25.0 Å². The highest BCUT2D eigenvalue weighted by atomic mass is 19.4. The van der Waals surface area contributed by atoms with E-state index in [0.29, 0.717) is 18.0 Å². The number of aromatic nitrogens is 2. The van der Waals surface area contributed by atoms with Gasteiger partial charge >= 0.3 is 12.3 Å². The van der Waals surface area contributed by atoms with Gasteiger partial charge in [0.15, 0.2) is 0 Å². The molecule has 2 aromatic carbocycles. The molecule has 1 heterocycles. The zero-order chi connectivity index (χ0) is 23.8. The van der Waals surface area contributed by atoms with Crippen molar-refractivity contribution in [3.63, 3.8) is 0 Å². The van der Waals surface area contributed by atoms with E-state index in [1.54, 1.807) is 13.0 Å². The van der Waals surface area contributed by atoms with Crippen LogP contribution in [0, 0.1) is 0 Å². The van der Waals surface area contributed by atoms with E-state index in [-0.39, 0.29) is 25.1 Å². The summed E-state index contributed by atoms with van der Waals surface area (Å²) in [6, 6.07) is 11.2. The molecule has 0 saturated carbocycles. The molecular weight excluding hydrogens is 439 g/mol. The number of halogens is 3. The number of imidazole rings is 1. The maximum atomic E-state index is 13.2. The summed E-state index contributed by atoms with van der Waals surface area (Å²) < 4.78 is 44.5. The van der Waals surface area contributed by atoms with Gasteiger partial charge in [-0.05, 0) is 36.8 Å². The van der Waals surface area contributed by atoms with Gasteiger partial charge in [0.2, 0.25) is 11.9 Å². The number of anilines is 1. The number of carbonyl (C=O) groups excluding carboxylic acids is 2. The molecule has 0 fully saturated rings. The van der Waals surface area contributed by atoms with Gasteiger partial charge in [-0.2, -0.15) is 13.2 Å². The lowest BCUT2D eigenvalue weighted by Gasteiger charge is -2.20. The normalized spacial score (nSPS) is 12.2. The molecule has 0 bridgehead atoms. The third-order valence-corrected chi connectivity index (χ3v) is 4.68. The molecular formula is C22H24F3N5O3. The number of H-pyrrole nitrogens is 1. The Labute approximate surface area is 187 Å². The number of alkyl halides is 3. The highest BCUT2D eigenvalue weighted by Gasteiger charge is 2.31. The van der Waals surface area contributed by atoms with Crippen molar-refractivity contribution in [1.82, 2.24) is 20.6 Å². The number of carbonyl (C=O) groups is 2. The van der Waals surface area contributed by atoms with Crippen LogP contribution in [0.4, 0.5) is 23.9 Å². The first kappa shape index (κ1) is 23.9. The minimum atomic E-state index is -4.52. The average Bonchev–Trinajstić information content (AvgIpc) is 3.18. The Kier molecular flexibility index (Phi) is 7.75. The van der Waals surface area contributed by atoms with Gasteiger partial charge in [0.1, 0.15) is 6.61 Å². The van der Waals surface area contributed by atoms with Crippen LogP contribution in [-0.2, 0) is 15.7 Å². The number of amides is 2. The van der Waals surface area contributed by atoms with Gasteiger partial charge in [-0.15, -0.1) is 0 Å². The second-order valence-corrected chi connectivity index (χ2v) is 7.14.